The number of hydrogen-bond donors (Lipinski definition) is 2. The first kappa shape index (κ1) is 14.2. The van der Waals surface area contributed by atoms with Crippen molar-refractivity contribution in [3.63, 3.8) is 0 Å². The van der Waals surface area contributed by atoms with Gasteiger partial charge in [0, 0.05) is 12.5 Å². The quantitative estimate of drug-likeness (QED) is 0.796. The number of rotatable bonds is 6. The molecule has 0 aliphatic carbocycles. The SMILES string of the molecule is CCCC(C)C(O)C(CN)c1ccccc1C. The van der Waals surface area contributed by atoms with E-state index in [9.17, 15) is 5.11 Å². The molecule has 3 N–H and O–H groups in total. The second kappa shape index (κ2) is 6.77. The second-order valence-electron chi connectivity index (χ2n) is 4.96. The van der Waals surface area contributed by atoms with E-state index in [4.69, 9.17) is 5.73 Å². The third-order valence-corrected chi connectivity index (χ3v) is 3.58. The van der Waals surface area contributed by atoms with Gasteiger partial charge in [-0.25, -0.2) is 0 Å². The molecule has 17 heavy (non-hydrogen) atoms. The predicted molar refractivity (Wildman–Crippen MR) is 73.1 cm³/mol. The molecule has 96 valence electrons. The number of aryl methyl sites for hydroxylation is 1. The first-order valence-corrected chi connectivity index (χ1v) is 6.55. The van der Waals surface area contributed by atoms with Crippen LogP contribution in [0.1, 0.15) is 43.7 Å². The molecular weight excluding hydrogens is 210 g/mol. The van der Waals surface area contributed by atoms with Gasteiger partial charge < -0.3 is 10.8 Å². The Morgan fingerprint density at radius 2 is 1.94 bits per heavy atom. The molecule has 0 saturated carbocycles. The summed E-state index contributed by atoms with van der Waals surface area (Å²) in [5.74, 6) is 0.353. The molecule has 1 rings (SSSR count). The summed E-state index contributed by atoms with van der Waals surface area (Å²) >= 11 is 0. The van der Waals surface area contributed by atoms with Crippen LogP contribution < -0.4 is 5.73 Å². The molecule has 0 heterocycles. The van der Waals surface area contributed by atoms with Gasteiger partial charge in [-0.3, -0.25) is 0 Å². The number of benzene rings is 1. The summed E-state index contributed by atoms with van der Waals surface area (Å²) in [5.41, 5.74) is 8.25. The van der Waals surface area contributed by atoms with Gasteiger partial charge in [-0.15, -0.1) is 0 Å². The minimum Gasteiger partial charge on any atom is -0.392 e. The van der Waals surface area contributed by atoms with E-state index in [1.54, 1.807) is 0 Å². The number of nitrogens with two attached hydrogens (primary N) is 1. The van der Waals surface area contributed by atoms with Crippen molar-refractivity contribution in [2.75, 3.05) is 6.54 Å². The van der Waals surface area contributed by atoms with Gasteiger partial charge >= 0.3 is 0 Å². The van der Waals surface area contributed by atoms with Gasteiger partial charge in [0.15, 0.2) is 0 Å². The number of aliphatic hydroxyl groups excluding tert-OH is 1. The fourth-order valence-corrected chi connectivity index (χ4v) is 2.48. The van der Waals surface area contributed by atoms with E-state index in [0.29, 0.717) is 12.5 Å². The van der Waals surface area contributed by atoms with Crippen LogP contribution in [0.4, 0.5) is 0 Å². The Hall–Kier alpha value is -0.860. The fourth-order valence-electron chi connectivity index (χ4n) is 2.48. The van der Waals surface area contributed by atoms with Crippen LogP contribution in [0.15, 0.2) is 24.3 Å². The van der Waals surface area contributed by atoms with Gasteiger partial charge in [0.25, 0.3) is 0 Å². The highest BCUT2D eigenvalue weighted by Crippen LogP contribution is 2.27. The largest absolute Gasteiger partial charge is 0.392 e. The van der Waals surface area contributed by atoms with Crippen molar-refractivity contribution < 1.29 is 5.11 Å². The van der Waals surface area contributed by atoms with Gasteiger partial charge in [0.1, 0.15) is 0 Å². The van der Waals surface area contributed by atoms with E-state index >= 15 is 0 Å². The van der Waals surface area contributed by atoms with Crippen LogP contribution in [0, 0.1) is 12.8 Å². The minimum absolute atomic E-state index is 0.0535. The van der Waals surface area contributed by atoms with Crippen molar-refractivity contribution in [3.05, 3.63) is 35.4 Å². The Kier molecular flexibility index (Phi) is 5.66. The summed E-state index contributed by atoms with van der Waals surface area (Å²) < 4.78 is 0. The molecule has 0 amide bonds. The number of aliphatic hydroxyl groups is 1. The molecule has 2 nitrogen and oxygen atoms in total. The Bertz CT molecular complexity index is 337. The Morgan fingerprint density at radius 1 is 1.29 bits per heavy atom. The van der Waals surface area contributed by atoms with Crippen molar-refractivity contribution >= 4 is 0 Å². The van der Waals surface area contributed by atoms with E-state index in [1.807, 2.05) is 12.1 Å². The maximum atomic E-state index is 10.4. The lowest BCUT2D eigenvalue weighted by Crippen LogP contribution is -2.31. The van der Waals surface area contributed by atoms with Crippen molar-refractivity contribution in [2.24, 2.45) is 11.7 Å². The Balaban J connectivity index is 2.88. The average molecular weight is 235 g/mol. The van der Waals surface area contributed by atoms with Crippen LogP contribution in [0.3, 0.4) is 0 Å². The molecule has 0 fully saturated rings. The topological polar surface area (TPSA) is 46.2 Å². The lowest BCUT2D eigenvalue weighted by Gasteiger charge is -2.28. The lowest BCUT2D eigenvalue weighted by molar-refractivity contribution is 0.0857. The molecule has 0 bridgehead atoms. The molecular formula is C15H25NO. The summed E-state index contributed by atoms with van der Waals surface area (Å²) in [6.07, 6.45) is 1.80. The van der Waals surface area contributed by atoms with Crippen LogP contribution in [0.2, 0.25) is 0 Å². The molecule has 0 spiro atoms. The molecule has 0 aromatic heterocycles. The molecule has 0 radical (unpaired) electrons. The minimum atomic E-state index is -0.346. The zero-order chi connectivity index (χ0) is 12.8. The van der Waals surface area contributed by atoms with Gasteiger partial charge in [-0.1, -0.05) is 44.5 Å². The number of hydrogen-bond acceptors (Lipinski definition) is 2. The van der Waals surface area contributed by atoms with Crippen LogP contribution in [-0.4, -0.2) is 17.8 Å². The van der Waals surface area contributed by atoms with E-state index in [-0.39, 0.29) is 12.0 Å². The van der Waals surface area contributed by atoms with Crippen LogP contribution in [-0.2, 0) is 0 Å². The average Bonchev–Trinajstić information content (AvgIpc) is 2.32. The molecule has 0 aliphatic rings. The summed E-state index contributed by atoms with van der Waals surface area (Å²) in [7, 11) is 0. The molecule has 1 aromatic carbocycles. The standard InChI is InChI=1S/C15H25NO/c1-4-7-12(3)15(17)14(10-16)13-9-6-5-8-11(13)2/h5-6,8-9,12,14-15,17H,4,7,10,16H2,1-3H3. The van der Waals surface area contributed by atoms with Crippen molar-refractivity contribution in [1.29, 1.82) is 0 Å². The Labute approximate surface area is 105 Å². The van der Waals surface area contributed by atoms with E-state index in [1.165, 1.54) is 11.1 Å². The maximum absolute atomic E-state index is 10.4. The first-order valence-electron chi connectivity index (χ1n) is 6.55. The van der Waals surface area contributed by atoms with E-state index < -0.39 is 0 Å². The molecule has 0 aliphatic heterocycles. The predicted octanol–water partition coefficient (Wildman–Crippen LogP) is 2.83. The zero-order valence-corrected chi connectivity index (χ0v) is 11.2. The highest BCUT2D eigenvalue weighted by molar-refractivity contribution is 5.30. The second-order valence-corrected chi connectivity index (χ2v) is 4.96. The fraction of sp³-hybridized carbons (Fsp3) is 0.600. The van der Waals surface area contributed by atoms with Gasteiger partial charge in [-0.2, -0.15) is 0 Å². The summed E-state index contributed by atoms with van der Waals surface area (Å²) in [5, 5.41) is 10.4. The molecule has 2 heteroatoms. The Morgan fingerprint density at radius 3 is 2.47 bits per heavy atom. The van der Waals surface area contributed by atoms with Gasteiger partial charge in [0.05, 0.1) is 6.10 Å². The zero-order valence-electron chi connectivity index (χ0n) is 11.2. The molecule has 1 aromatic rings. The summed E-state index contributed by atoms with van der Waals surface area (Å²) in [6.45, 7) is 6.83. The van der Waals surface area contributed by atoms with Crippen LogP contribution in [0.5, 0.6) is 0 Å². The van der Waals surface area contributed by atoms with Crippen LogP contribution >= 0.6 is 0 Å². The van der Waals surface area contributed by atoms with Crippen molar-refractivity contribution in [3.8, 4) is 0 Å². The third kappa shape index (κ3) is 3.55. The van der Waals surface area contributed by atoms with E-state index in [0.717, 1.165) is 12.8 Å². The summed E-state index contributed by atoms with van der Waals surface area (Å²) in [4.78, 5) is 0. The lowest BCUT2D eigenvalue weighted by atomic mass is 9.83. The van der Waals surface area contributed by atoms with Crippen LogP contribution in [0.25, 0.3) is 0 Å². The normalized spacial score (nSPS) is 16.5. The third-order valence-electron chi connectivity index (χ3n) is 3.58. The van der Waals surface area contributed by atoms with Gasteiger partial charge in [0.2, 0.25) is 0 Å². The van der Waals surface area contributed by atoms with E-state index in [2.05, 4.69) is 32.9 Å². The van der Waals surface area contributed by atoms with Crippen molar-refractivity contribution in [2.45, 2.75) is 45.6 Å². The molecule has 3 unspecified atom stereocenters. The van der Waals surface area contributed by atoms with Gasteiger partial charge in [-0.05, 0) is 30.4 Å². The monoisotopic (exact) mass is 235 g/mol. The maximum Gasteiger partial charge on any atom is 0.0646 e. The highest BCUT2D eigenvalue weighted by Gasteiger charge is 2.25. The van der Waals surface area contributed by atoms with Crippen molar-refractivity contribution in [1.82, 2.24) is 0 Å². The highest BCUT2D eigenvalue weighted by atomic mass is 16.3. The summed E-state index contributed by atoms with van der Waals surface area (Å²) in [6, 6.07) is 8.19. The first-order chi connectivity index (χ1) is 8.11. The molecule has 0 saturated heterocycles. The molecule has 3 atom stereocenters. The smallest absolute Gasteiger partial charge is 0.0646 e.